The number of anilines is 1. The molecule has 2 N–H and O–H groups in total. The minimum absolute atomic E-state index is 0.0200. The van der Waals surface area contributed by atoms with E-state index in [1.807, 2.05) is 30.3 Å². The van der Waals surface area contributed by atoms with Crippen LogP contribution in [0.25, 0.3) is 0 Å². The van der Waals surface area contributed by atoms with E-state index in [9.17, 15) is 22.8 Å². The highest BCUT2D eigenvalue weighted by molar-refractivity contribution is 6.00. The van der Waals surface area contributed by atoms with Crippen LogP contribution in [0.15, 0.2) is 59.7 Å². The van der Waals surface area contributed by atoms with Gasteiger partial charge in [0, 0.05) is 11.6 Å². The Kier molecular flexibility index (Phi) is 5.48. The van der Waals surface area contributed by atoms with Crippen molar-refractivity contribution in [2.75, 3.05) is 5.32 Å². The second-order valence-electron chi connectivity index (χ2n) is 6.56. The largest absolute Gasteiger partial charge is 0.471 e. The normalized spacial score (nSPS) is 19.1. The molecule has 1 aliphatic rings. The quantitative estimate of drug-likeness (QED) is 0.603. The predicted molar refractivity (Wildman–Crippen MR) is 98.8 cm³/mol. The summed E-state index contributed by atoms with van der Waals surface area (Å²) >= 11 is 0. The van der Waals surface area contributed by atoms with E-state index in [0.29, 0.717) is 11.3 Å². The van der Waals surface area contributed by atoms with Gasteiger partial charge in [0.2, 0.25) is 5.91 Å². The maximum absolute atomic E-state index is 12.3. The van der Waals surface area contributed by atoms with Crippen molar-refractivity contribution in [1.29, 1.82) is 0 Å². The molecule has 2 atom stereocenters. The number of carbonyl (C=O) groups excluding carboxylic acids is 2. The third-order valence-electron chi connectivity index (χ3n) is 4.51. The van der Waals surface area contributed by atoms with Crippen molar-refractivity contribution in [2.24, 2.45) is 11.0 Å². The summed E-state index contributed by atoms with van der Waals surface area (Å²) in [6, 6.07) is 15.5. The van der Waals surface area contributed by atoms with Crippen LogP contribution in [0.2, 0.25) is 0 Å². The average molecular weight is 389 g/mol. The lowest BCUT2D eigenvalue weighted by molar-refractivity contribution is -0.167. The van der Waals surface area contributed by atoms with Gasteiger partial charge in [-0.05, 0) is 42.5 Å². The molecule has 0 heterocycles. The Morgan fingerprint density at radius 3 is 2.29 bits per heavy atom. The van der Waals surface area contributed by atoms with Crippen molar-refractivity contribution in [3.05, 3.63) is 65.7 Å². The first-order valence-corrected chi connectivity index (χ1v) is 8.63. The molecule has 0 unspecified atom stereocenters. The highest BCUT2D eigenvalue weighted by atomic mass is 19.4. The summed E-state index contributed by atoms with van der Waals surface area (Å²) in [5.41, 5.74) is 4.80. The van der Waals surface area contributed by atoms with E-state index in [0.717, 1.165) is 12.0 Å². The van der Waals surface area contributed by atoms with Gasteiger partial charge in [0.15, 0.2) is 0 Å². The zero-order chi connectivity index (χ0) is 20.3. The highest BCUT2D eigenvalue weighted by Crippen LogP contribution is 2.47. The van der Waals surface area contributed by atoms with Gasteiger partial charge in [0.05, 0.1) is 5.71 Å². The molecule has 146 valence electrons. The number of amides is 2. The molecule has 0 bridgehead atoms. The molecule has 5 nitrogen and oxygen atoms in total. The number of nitrogens with zero attached hydrogens (tertiary/aromatic N) is 1. The zero-order valence-corrected chi connectivity index (χ0v) is 15.0. The number of carbonyl (C=O) groups is 2. The van der Waals surface area contributed by atoms with Gasteiger partial charge in [0.1, 0.15) is 0 Å². The molecule has 0 saturated heterocycles. The van der Waals surface area contributed by atoms with Crippen molar-refractivity contribution in [3.63, 3.8) is 0 Å². The van der Waals surface area contributed by atoms with E-state index in [-0.39, 0.29) is 23.4 Å². The van der Waals surface area contributed by atoms with Crippen molar-refractivity contribution < 1.29 is 22.8 Å². The monoisotopic (exact) mass is 389 g/mol. The van der Waals surface area contributed by atoms with Gasteiger partial charge in [-0.15, -0.1) is 0 Å². The molecular weight excluding hydrogens is 371 g/mol. The van der Waals surface area contributed by atoms with Crippen molar-refractivity contribution in [2.45, 2.75) is 25.4 Å². The molecule has 0 aliphatic heterocycles. The van der Waals surface area contributed by atoms with Crippen molar-refractivity contribution >= 4 is 23.2 Å². The van der Waals surface area contributed by atoms with Gasteiger partial charge in [-0.1, -0.05) is 42.5 Å². The second-order valence-corrected chi connectivity index (χ2v) is 6.56. The molecule has 28 heavy (non-hydrogen) atoms. The Labute approximate surface area is 159 Å². The number of halogens is 3. The Bertz CT molecular complexity index is 893. The van der Waals surface area contributed by atoms with Gasteiger partial charge in [0.25, 0.3) is 0 Å². The highest BCUT2D eigenvalue weighted by Gasteiger charge is 2.43. The molecule has 1 fully saturated rings. The van der Waals surface area contributed by atoms with Gasteiger partial charge in [-0.2, -0.15) is 18.3 Å². The van der Waals surface area contributed by atoms with E-state index in [2.05, 4.69) is 10.5 Å². The number of benzene rings is 2. The second kappa shape index (κ2) is 7.84. The van der Waals surface area contributed by atoms with Crippen LogP contribution < -0.4 is 10.7 Å². The van der Waals surface area contributed by atoms with Crippen LogP contribution >= 0.6 is 0 Å². The van der Waals surface area contributed by atoms with Crippen LogP contribution in [0.3, 0.4) is 0 Å². The lowest BCUT2D eigenvalue weighted by Crippen LogP contribution is -2.29. The maximum Gasteiger partial charge on any atom is 0.471 e. The summed E-state index contributed by atoms with van der Waals surface area (Å²) < 4.78 is 36.8. The molecule has 1 saturated carbocycles. The Morgan fingerprint density at radius 1 is 1.04 bits per heavy atom. The van der Waals surface area contributed by atoms with Gasteiger partial charge >= 0.3 is 12.1 Å². The summed E-state index contributed by atoms with van der Waals surface area (Å²) in [5.74, 6) is -2.11. The third kappa shape index (κ3) is 4.76. The van der Waals surface area contributed by atoms with E-state index in [4.69, 9.17) is 0 Å². The molecule has 0 aromatic heterocycles. The lowest BCUT2D eigenvalue weighted by atomic mass is 10.1. The molecule has 3 rings (SSSR count). The number of nitrogens with one attached hydrogen (secondary N) is 2. The summed E-state index contributed by atoms with van der Waals surface area (Å²) in [7, 11) is 0. The molecular formula is C20H18F3N3O2. The van der Waals surface area contributed by atoms with E-state index in [1.165, 1.54) is 24.3 Å². The van der Waals surface area contributed by atoms with Crippen LogP contribution in [0.4, 0.5) is 18.9 Å². The Morgan fingerprint density at radius 2 is 1.68 bits per heavy atom. The SMILES string of the molecule is CC(=NNC(=O)[C@@H]1C[C@H]1c1ccccc1)c1ccc(NC(=O)C(F)(F)F)cc1. The van der Waals surface area contributed by atoms with E-state index >= 15 is 0 Å². The lowest BCUT2D eigenvalue weighted by Gasteiger charge is -2.08. The topological polar surface area (TPSA) is 70.6 Å². The van der Waals surface area contributed by atoms with Crippen LogP contribution in [0.1, 0.15) is 30.4 Å². The fraction of sp³-hybridized carbons (Fsp3) is 0.250. The minimum atomic E-state index is -4.94. The molecule has 0 spiro atoms. The molecule has 1 aliphatic carbocycles. The molecule has 2 aromatic rings. The van der Waals surface area contributed by atoms with Crippen LogP contribution in [0.5, 0.6) is 0 Å². The number of hydrogen-bond donors (Lipinski definition) is 2. The summed E-state index contributed by atoms with van der Waals surface area (Å²) in [5, 5.41) is 5.83. The molecule has 2 aromatic carbocycles. The standard InChI is InChI=1S/C20H18F3N3O2/c1-12(13-7-9-15(10-8-13)24-19(28)20(21,22)23)25-26-18(27)17-11-16(17)14-5-3-2-4-6-14/h2-10,16-17H,11H2,1H3,(H,24,28)(H,26,27)/t16-,17+/m0/s1. The number of hydrogen-bond acceptors (Lipinski definition) is 3. The Hall–Kier alpha value is -3.16. The maximum atomic E-state index is 12.3. The van der Waals surface area contributed by atoms with Crippen LogP contribution in [-0.2, 0) is 9.59 Å². The summed E-state index contributed by atoms with van der Waals surface area (Å²) in [6.45, 7) is 1.67. The first-order chi connectivity index (χ1) is 13.3. The van der Waals surface area contributed by atoms with E-state index in [1.54, 1.807) is 12.2 Å². The van der Waals surface area contributed by atoms with Crippen LogP contribution in [0, 0.1) is 5.92 Å². The summed E-state index contributed by atoms with van der Waals surface area (Å²) in [6.07, 6.45) is -4.17. The van der Waals surface area contributed by atoms with Gasteiger partial charge in [-0.3, -0.25) is 9.59 Å². The first kappa shape index (κ1) is 19.6. The first-order valence-electron chi connectivity index (χ1n) is 8.63. The molecule has 2 amide bonds. The number of rotatable bonds is 5. The zero-order valence-electron chi connectivity index (χ0n) is 15.0. The van der Waals surface area contributed by atoms with E-state index < -0.39 is 12.1 Å². The number of hydrazone groups is 1. The fourth-order valence-electron chi connectivity index (χ4n) is 2.84. The van der Waals surface area contributed by atoms with Gasteiger partial charge < -0.3 is 5.32 Å². The van der Waals surface area contributed by atoms with Crippen molar-refractivity contribution in [3.8, 4) is 0 Å². The van der Waals surface area contributed by atoms with Crippen LogP contribution in [-0.4, -0.2) is 23.7 Å². The third-order valence-corrected chi connectivity index (χ3v) is 4.51. The number of alkyl halides is 3. The average Bonchev–Trinajstić information content (AvgIpc) is 3.47. The Balaban J connectivity index is 1.55. The molecule has 0 radical (unpaired) electrons. The fourth-order valence-corrected chi connectivity index (χ4v) is 2.84. The molecule has 8 heteroatoms. The minimum Gasteiger partial charge on any atom is -0.318 e. The van der Waals surface area contributed by atoms with Crippen molar-refractivity contribution in [1.82, 2.24) is 5.43 Å². The van der Waals surface area contributed by atoms with Gasteiger partial charge in [-0.25, -0.2) is 5.43 Å². The summed E-state index contributed by atoms with van der Waals surface area (Å²) in [4.78, 5) is 23.1. The predicted octanol–water partition coefficient (Wildman–Crippen LogP) is 3.83. The smallest absolute Gasteiger partial charge is 0.318 e.